The lowest BCUT2D eigenvalue weighted by Crippen LogP contribution is -2.45. The normalized spacial score (nSPS) is 27.2. The molecule has 0 bridgehead atoms. The minimum absolute atomic E-state index is 0.0848. The Morgan fingerprint density at radius 1 is 1.44 bits per heavy atom. The number of methoxy groups -OCH3 is 1. The van der Waals surface area contributed by atoms with Crippen molar-refractivity contribution in [3.05, 3.63) is 36.4 Å². The lowest BCUT2D eigenvalue weighted by atomic mass is 9.67. The van der Waals surface area contributed by atoms with Crippen molar-refractivity contribution in [3.63, 3.8) is 0 Å². The fourth-order valence-electron chi connectivity index (χ4n) is 4.17. The fraction of sp³-hybridized carbons (Fsp3) is 0.474. The maximum Gasteiger partial charge on any atom is 0.156 e. The molecule has 0 N–H and O–H groups in total. The Hall–Kier alpha value is -2.52. The van der Waals surface area contributed by atoms with E-state index in [1.807, 2.05) is 25.4 Å². The minimum Gasteiger partial charge on any atom is -0.372 e. The van der Waals surface area contributed by atoms with E-state index in [0.717, 1.165) is 29.7 Å². The first-order valence-corrected chi connectivity index (χ1v) is 8.47. The van der Waals surface area contributed by atoms with Gasteiger partial charge in [-0.2, -0.15) is 10.4 Å². The number of nitriles is 1. The zero-order valence-electron chi connectivity index (χ0n) is 14.4. The Balaban J connectivity index is 1.85. The monoisotopic (exact) mass is 336 g/mol. The third-order valence-corrected chi connectivity index (χ3v) is 5.65. The van der Waals surface area contributed by atoms with Crippen molar-refractivity contribution in [3.8, 4) is 17.2 Å². The number of hydrogen-bond acceptors (Lipinski definition) is 5. The van der Waals surface area contributed by atoms with E-state index in [1.54, 1.807) is 24.2 Å². The van der Waals surface area contributed by atoms with Crippen LogP contribution in [0.3, 0.4) is 0 Å². The van der Waals surface area contributed by atoms with Gasteiger partial charge in [-0.1, -0.05) is 6.07 Å². The Labute approximate surface area is 146 Å². The number of pyridine rings is 1. The second-order valence-electron chi connectivity index (χ2n) is 7.21. The van der Waals surface area contributed by atoms with Crippen LogP contribution in [0.1, 0.15) is 31.4 Å². The summed E-state index contributed by atoms with van der Waals surface area (Å²) in [7, 11) is 3.53. The highest BCUT2D eigenvalue weighted by Gasteiger charge is 2.62. The zero-order chi connectivity index (χ0) is 17.7. The molecular formula is C19H20N4O2. The van der Waals surface area contributed by atoms with Crippen molar-refractivity contribution >= 4 is 5.78 Å². The molecule has 0 saturated heterocycles. The summed E-state index contributed by atoms with van der Waals surface area (Å²) in [5.41, 5.74) is 1.57. The van der Waals surface area contributed by atoms with E-state index in [-0.39, 0.29) is 5.78 Å². The lowest BCUT2D eigenvalue weighted by molar-refractivity contribution is -0.142. The summed E-state index contributed by atoms with van der Waals surface area (Å²) in [6.45, 7) is 0. The number of Topliss-reactive ketones (excluding diaryl/α,β-unsaturated/α-hetero) is 1. The van der Waals surface area contributed by atoms with Gasteiger partial charge < -0.3 is 4.74 Å². The van der Waals surface area contributed by atoms with Crippen LogP contribution in [-0.4, -0.2) is 27.7 Å². The molecule has 2 heterocycles. The molecule has 2 fully saturated rings. The molecule has 2 saturated carbocycles. The molecule has 0 aromatic carbocycles. The van der Waals surface area contributed by atoms with Gasteiger partial charge in [-0.3, -0.25) is 14.5 Å². The van der Waals surface area contributed by atoms with E-state index in [4.69, 9.17) is 4.74 Å². The summed E-state index contributed by atoms with van der Waals surface area (Å²) >= 11 is 0. The van der Waals surface area contributed by atoms with Gasteiger partial charge in [-0.25, -0.2) is 0 Å². The van der Waals surface area contributed by atoms with Gasteiger partial charge in [0, 0.05) is 49.5 Å². The number of ketones is 1. The van der Waals surface area contributed by atoms with Gasteiger partial charge in [0.05, 0.1) is 18.0 Å². The third kappa shape index (κ3) is 2.38. The first-order valence-electron chi connectivity index (χ1n) is 8.47. The lowest BCUT2D eigenvalue weighted by Gasteiger charge is -2.41. The number of aromatic nitrogens is 3. The number of hydrogen-bond donors (Lipinski definition) is 0. The van der Waals surface area contributed by atoms with Crippen molar-refractivity contribution in [2.75, 3.05) is 7.11 Å². The molecule has 0 aliphatic heterocycles. The first kappa shape index (κ1) is 16.0. The number of carbonyl (C=O) groups excluding carboxylic acids is 1. The highest BCUT2D eigenvalue weighted by atomic mass is 16.5. The van der Waals surface area contributed by atoms with Gasteiger partial charge in [0.15, 0.2) is 5.78 Å². The third-order valence-electron chi connectivity index (χ3n) is 5.65. The van der Waals surface area contributed by atoms with E-state index < -0.39 is 16.9 Å². The van der Waals surface area contributed by atoms with E-state index in [2.05, 4.69) is 16.2 Å². The second kappa shape index (κ2) is 5.50. The van der Waals surface area contributed by atoms with Crippen molar-refractivity contribution < 1.29 is 9.53 Å². The number of rotatable bonds is 3. The van der Waals surface area contributed by atoms with Gasteiger partial charge in [-0.15, -0.1) is 0 Å². The van der Waals surface area contributed by atoms with E-state index in [9.17, 15) is 10.1 Å². The van der Waals surface area contributed by atoms with Crippen molar-refractivity contribution in [1.29, 1.82) is 5.26 Å². The predicted octanol–water partition coefficient (Wildman–Crippen LogP) is 2.61. The Morgan fingerprint density at radius 2 is 2.24 bits per heavy atom. The van der Waals surface area contributed by atoms with Crippen LogP contribution in [-0.2, 0) is 22.2 Å². The smallest absolute Gasteiger partial charge is 0.156 e. The van der Waals surface area contributed by atoms with Crippen LogP contribution < -0.4 is 0 Å². The summed E-state index contributed by atoms with van der Waals surface area (Å²) in [5, 5.41) is 13.8. The average Bonchev–Trinajstić information content (AvgIpc) is 3.28. The quantitative estimate of drug-likeness (QED) is 0.860. The van der Waals surface area contributed by atoms with Gasteiger partial charge in [0.25, 0.3) is 0 Å². The van der Waals surface area contributed by atoms with Crippen LogP contribution >= 0.6 is 0 Å². The van der Waals surface area contributed by atoms with E-state index >= 15 is 0 Å². The maximum atomic E-state index is 12.6. The van der Waals surface area contributed by atoms with Crippen molar-refractivity contribution in [2.24, 2.45) is 18.4 Å². The summed E-state index contributed by atoms with van der Waals surface area (Å²) in [6.07, 6.45) is 8.10. The van der Waals surface area contributed by atoms with Gasteiger partial charge >= 0.3 is 0 Å². The SMILES string of the molecule is COC1(c2ncccc2-c2cnn(C)c2)CC(C#N)C(=O)C2(CC2)C1. The van der Waals surface area contributed by atoms with Crippen LogP contribution in [0.2, 0.25) is 0 Å². The molecule has 6 heteroatoms. The van der Waals surface area contributed by atoms with E-state index in [0.29, 0.717) is 12.8 Å². The second-order valence-corrected chi connectivity index (χ2v) is 7.21. The molecule has 128 valence electrons. The first-order chi connectivity index (χ1) is 12.0. The molecule has 2 aliphatic carbocycles. The van der Waals surface area contributed by atoms with Gasteiger partial charge in [0.2, 0.25) is 0 Å². The summed E-state index contributed by atoms with van der Waals surface area (Å²) in [5.74, 6) is -0.554. The molecule has 2 atom stereocenters. The van der Waals surface area contributed by atoms with Crippen LogP contribution in [0.25, 0.3) is 11.1 Å². The highest BCUT2D eigenvalue weighted by Crippen LogP contribution is 2.61. The topological polar surface area (TPSA) is 80.8 Å². The van der Waals surface area contributed by atoms with Crippen LogP contribution in [0, 0.1) is 22.7 Å². The number of nitrogens with zero attached hydrogens (tertiary/aromatic N) is 4. The molecule has 4 rings (SSSR count). The van der Waals surface area contributed by atoms with Crippen LogP contribution in [0.15, 0.2) is 30.7 Å². The Bertz CT molecular complexity index is 878. The Morgan fingerprint density at radius 3 is 2.84 bits per heavy atom. The van der Waals surface area contributed by atoms with Crippen molar-refractivity contribution in [2.45, 2.75) is 31.3 Å². The molecule has 2 unspecified atom stereocenters. The molecule has 2 aliphatic rings. The van der Waals surface area contributed by atoms with Crippen molar-refractivity contribution in [1.82, 2.24) is 14.8 Å². The van der Waals surface area contributed by atoms with Gasteiger partial charge in [-0.05, 0) is 25.3 Å². The molecule has 1 spiro atoms. The molecule has 2 aromatic heterocycles. The largest absolute Gasteiger partial charge is 0.372 e. The zero-order valence-corrected chi connectivity index (χ0v) is 14.4. The number of aryl methyl sites for hydroxylation is 1. The van der Waals surface area contributed by atoms with Crippen LogP contribution in [0.4, 0.5) is 0 Å². The molecule has 0 amide bonds. The highest BCUT2D eigenvalue weighted by molar-refractivity contribution is 5.92. The average molecular weight is 336 g/mol. The standard InChI is InChI=1S/C19H20N4O2/c1-23-11-14(10-22-23)15-4-3-7-21-16(15)19(25-2)8-13(9-20)17(24)18(12-19)5-6-18/h3-4,7,10-11,13H,5-6,8,12H2,1-2H3. The molecule has 25 heavy (non-hydrogen) atoms. The number of carbonyl (C=O) groups is 1. The van der Waals surface area contributed by atoms with Crippen LogP contribution in [0.5, 0.6) is 0 Å². The summed E-state index contributed by atoms with van der Waals surface area (Å²) < 4.78 is 7.74. The summed E-state index contributed by atoms with van der Waals surface area (Å²) in [6, 6.07) is 6.08. The maximum absolute atomic E-state index is 12.6. The van der Waals surface area contributed by atoms with Gasteiger partial charge in [0.1, 0.15) is 11.5 Å². The fourth-order valence-corrected chi connectivity index (χ4v) is 4.17. The molecule has 2 aromatic rings. The summed E-state index contributed by atoms with van der Waals surface area (Å²) in [4.78, 5) is 17.3. The molecule has 6 nitrogen and oxygen atoms in total. The minimum atomic E-state index is -0.725. The predicted molar refractivity (Wildman–Crippen MR) is 90.1 cm³/mol. The number of ether oxygens (including phenoxy) is 1. The molecule has 0 radical (unpaired) electrons. The van der Waals surface area contributed by atoms with E-state index in [1.165, 1.54) is 0 Å². The Kier molecular flexibility index (Phi) is 3.51. The molecular weight excluding hydrogens is 316 g/mol.